The van der Waals surface area contributed by atoms with Crippen LogP contribution in [-0.4, -0.2) is 22.5 Å². The molecule has 0 radical (unpaired) electrons. The van der Waals surface area contributed by atoms with Crippen LogP contribution in [0.2, 0.25) is 0 Å². The van der Waals surface area contributed by atoms with Gasteiger partial charge in [-0.1, -0.05) is 6.07 Å². The van der Waals surface area contributed by atoms with Crippen LogP contribution in [0.3, 0.4) is 0 Å². The lowest BCUT2D eigenvalue weighted by atomic mass is 10.3. The molecule has 6 heteroatoms. The lowest BCUT2D eigenvalue weighted by Crippen LogP contribution is -2.23. The average Bonchev–Trinajstić information content (AvgIpc) is 2.41. The lowest BCUT2D eigenvalue weighted by Gasteiger charge is -2.08. The molecule has 2 aromatic rings. The first-order valence-electron chi connectivity index (χ1n) is 6.10. The van der Waals surface area contributed by atoms with E-state index in [2.05, 4.69) is 15.3 Å². The molecule has 0 bridgehead atoms. The Labute approximate surface area is 115 Å². The largest absolute Gasteiger partial charge is 0.478 e. The van der Waals surface area contributed by atoms with Gasteiger partial charge in [-0.25, -0.2) is 4.98 Å². The Kier molecular flexibility index (Phi) is 4.14. The third kappa shape index (κ3) is 3.44. The third-order valence-corrected chi connectivity index (χ3v) is 2.63. The van der Waals surface area contributed by atoms with Gasteiger partial charge in [0.1, 0.15) is 5.82 Å². The number of aryl methyl sites for hydroxylation is 2. The number of aromatic amines is 1. The highest BCUT2D eigenvalue weighted by atomic mass is 16.5. The summed E-state index contributed by atoms with van der Waals surface area (Å²) in [5.41, 5.74) is 1.33. The maximum atomic E-state index is 11.7. The van der Waals surface area contributed by atoms with Crippen LogP contribution < -0.4 is 15.5 Å². The third-order valence-electron chi connectivity index (χ3n) is 2.63. The van der Waals surface area contributed by atoms with Crippen LogP contribution in [0.15, 0.2) is 35.4 Å². The van der Waals surface area contributed by atoms with Crippen molar-refractivity contribution in [1.82, 2.24) is 9.97 Å². The number of rotatable bonds is 4. The monoisotopic (exact) mass is 273 g/mol. The molecule has 2 aromatic heterocycles. The van der Waals surface area contributed by atoms with Gasteiger partial charge in [-0.2, -0.15) is 0 Å². The van der Waals surface area contributed by atoms with Crippen LogP contribution in [0.5, 0.6) is 5.75 Å². The molecule has 20 heavy (non-hydrogen) atoms. The molecular weight excluding hydrogens is 258 g/mol. The van der Waals surface area contributed by atoms with Gasteiger partial charge >= 0.3 is 0 Å². The van der Waals surface area contributed by atoms with Crippen LogP contribution in [0.4, 0.5) is 5.82 Å². The number of aromatic nitrogens is 2. The maximum absolute atomic E-state index is 11.7. The van der Waals surface area contributed by atoms with Gasteiger partial charge < -0.3 is 15.0 Å². The molecule has 2 heterocycles. The summed E-state index contributed by atoms with van der Waals surface area (Å²) in [5, 5.41) is 2.59. The van der Waals surface area contributed by atoms with E-state index in [-0.39, 0.29) is 23.7 Å². The Balaban J connectivity index is 1.96. The average molecular weight is 273 g/mol. The number of hydrogen-bond acceptors (Lipinski definition) is 4. The second-order valence-corrected chi connectivity index (χ2v) is 4.35. The number of H-pyrrole nitrogens is 1. The van der Waals surface area contributed by atoms with E-state index in [0.29, 0.717) is 11.5 Å². The summed E-state index contributed by atoms with van der Waals surface area (Å²) >= 11 is 0. The second-order valence-electron chi connectivity index (χ2n) is 4.35. The van der Waals surface area contributed by atoms with E-state index in [1.165, 1.54) is 12.3 Å². The summed E-state index contributed by atoms with van der Waals surface area (Å²) in [5.74, 6) is 0.228. The Hall–Kier alpha value is -2.63. The Bertz CT molecular complexity index is 662. The summed E-state index contributed by atoms with van der Waals surface area (Å²) in [7, 11) is 0. The molecule has 0 fully saturated rings. The van der Waals surface area contributed by atoms with Crippen LogP contribution in [0.1, 0.15) is 11.3 Å². The predicted octanol–water partition coefficient (Wildman–Crippen LogP) is 1.40. The van der Waals surface area contributed by atoms with Crippen molar-refractivity contribution >= 4 is 11.7 Å². The molecule has 0 saturated carbocycles. The summed E-state index contributed by atoms with van der Waals surface area (Å²) in [6, 6.07) is 4.89. The normalized spacial score (nSPS) is 10.1. The molecular formula is C14H15N3O3. The van der Waals surface area contributed by atoms with Crippen molar-refractivity contribution in [3.63, 3.8) is 0 Å². The SMILES string of the molecule is Cc1ccc(NC(=O)COc2c(C)[nH]ccc2=O)nc1. The van der Waals surface area contributed by atoms with Gasteiger partial charge in [0.2, 0.25) is 5.43 Å². The van der Waals surface area contributed by atoms with E-state index >= 15 is 0 Å². The molecule has 0 atom stereocenters. The van der Waals surface area contributed by atoms with E-state index in [4.69, 9.17) is 4.74 Å². The fourth-order valence-corrected chi connectivity index (χ4v) is 1.61. The topological polar surface area (TPSA) is 84.1 Å². The molecule has 0 aromatic carbocycles. The molecule has 104 valence electrons. The number of carbonyl (C=O) groups excluding carboxylic acids is 1. The van der Waals surface area contributed by atoms with E-state index in [1.807, 2.05) is 13.0 Å². The van der Waals surface area contributed by atoms with E-state index in [9.17, 15) is 9.59 Å². The van der Waals surface area contributed by atoms with Gasteiger partial charge in [0, 0.05) is 18.5 Å². The maximum Gasteiger partial charge on any atom is 0.263 e. The smallest absolute Gasteiger partial charge is 0.263 e. The van der Waals surface area contributed by atoms with Crippen molar-refractivity contribution in [2.75, 3.05) is 11.9 Å². The number of hydrogen-bond donors (Lipinski definition) is 2. The zero-order chi connectivity index (χ0) is 14.5. The quantitative estimate of drug-likeness (QED) is 0.882. The molecule has 2 rings (SSSR count). The highest BCUT2D eigenvalue weighted by molar-refractivity contribution is 5.90. The summed E-state index contributed by atoms with van der Waals surface area (Å²) in [6.45, 7) is 3.37. The van der Waals surface area contributed by atoms with Crippen LogP contribution in [-0.2, 0) is 4.79 Å². The molecule has 0 aliphatic rings. The molecule has 0 aliphatic heterocycles. The van der Waals surface area contributed by atoms with Crippen molar-refractivity contribution in [2.45, 2.75) is 13.8 Å². The first-order valence-corrected chi connectivity index (χ1v) is 6.10. The van der Waals surface area contributed by atoms with Gasteiger partial charge in [0.25, 0.3) is 5.91 Å². The Morgan fingerprint density at radius 1 is 1.35 bits per heavy atom. The fraction of sp³-hybridized carbons (Fsp3) is 0.214. The van der Waals surface area contributed by atoms with Crippen molar-refractivity contribution in [1.29, 1.82) is 0 Å². The van der Waals surface area contributed by atoms with Crippen molar-refractivity contribution in [2.24, 2.45) is 0 Å². The number of amides is 1. The van der Waals surface area contributed by atoms with Gasteiger partial charge in [-0.15, -0.1) is 0 Å². The summed E-state index contributed by atoms with van der Waals surface area (Å²) < 4.78 is 5.24. The molecule has 6 nitrogen and oxygen atoms in total. The molecule has 1 amide bonds. The van der Waals surface area contributed by atoms with E-state index in [0.717, 1.165) is 5.56 Å². The second kappa shape index (κ2) is 6.01. The van der Waals surface area contributed by atoms with Gasteiger partial charge in [-0.05, 0) is 25.5 Å². The number of pyridine rings is 2. The minimum absolute atomic E-state index is 0.152. The zero-order valence-corrected chi connectivity index (χ0v) is 11.3. The zero-order valence-electron chi connectivity index (χ0n) is 11.3. The minimum atomic E-state index is -0.371. The molecule has 0 unspecified atom stereocenters. The first kappa shape index (κ1) is 13.8. The lowest BCUT2D eigenvalue weighted by molar-refractivity contribution is -0.118. The highest BCUT2D eigenvalue weighted by Gasteiger charge is 2.08. The number of carbonyl (C=O) groups is 1. The summed E-state index contributed by atoms with van der Waals surface area (Å²) in [6.07, 6.45) is 3.18. The van der Waals surface area contributed by atoms with Gasteiger partial charge in [0.15, 0.2) is 12.4 Å². The molecule has 2 N–H and O–H groups in total. The highest BCUT2D eigenvalue weighted by Crippen LogP contribution is 2.08. The van der Waals surface area contributed by atoms with Crippen LogP contribution in [0, 0.1) is 13.8 Å². The predicted molar refractivity (Wildman–Crippen MR) is 74.9 cm³/mol. The first-order chi connectivity index (χ1) is 9.56. The van der Waals surface area contributed by atoms with Crippen LogP contribution in [0.25, 0.3) is 0 Å². The van der Waals surface area contributed by atoms with E-state index in [1.54, 1.807) is 19.2 Å². The van der Waals surface area contributed by atoms with Crippen LogP contribution >= 0.6 is 0 Å². The minimum Gasteiger partial charge on any atom is -0.478 e. The molecule has 0 saturated heterocycles. The molecule has 0 spiro atoms. The standard InChI is InChI=1S/C14H15N3O3/c1-9-3-4-12(16-7-9)17-13(19)8-20-14-10(2)15-6-5-11(14)18/h3-7H,8H2,1-2H3,(H,15,18)(H,16,17,19). The van der Waals surface area contributed by atoms with E-state index < -0.39 is 0 Å². The van der Waals surface area contributed by atoms with Crippen molar-refractivity contribution < 1.29 is 9.53 Å². The Morgan fingerprint density at radius 2 is 2.15 bits per heavy atom. The number of ether oxygens (including phenoxy) is 1. The van der Waals surface area contributed by atoms with Crippen molar-refractivity contribution in [3.8, 4) is 5.75 Å². The fourth-order valence-electron chi connectivity index (χ4n) is 1.61. The van der Waals surface area contributed by atoms with Gasteiger partial charge in [0.05, 0.1) is 5.69 Å². The number of anilines is 1. The molecule has 0 aliphatic carbocycles. The Morgan fingerprint density at radius 3 is 2.80 bits per heavy atom. The summed E-state index contributed by atoms with van der Waals surface area (Å²) in [4.78, 5) is 30.2. The number of nitrogens with one attached hydrogen (secondary N) is 2. The van der Waals surface area contributed by atoms with Gasteiger partial charge in [-0.3, -0.25) is 9.59 Å². The van der Waals surface area contributed by atoms with Crippen molar-refractivity contribution in [3.05, 3.63) is 52.1 Å². The number of nitrogens with zero attached hydrogens (tertiary/aromatic N) is 1.